The summed E-state index contributed by atoms with van der Waals surface area (Å²) in [7, 11) is 0. The van der Waals surface area contributed by atoms with Gasteiger partial charge in [-0.1, -0.05) is 61.3 Å². The smallest absolute Gasteiger partial charge is 0.160 e. The van der Waals surface area contributed by atoms with Crippen LogP contribution in [-0.2, 0) is 9.47 Å². The zero-order valence-electron chi connectivity index (χ0n) is 19.5. The summed E-state index contributed by atoms with van der Waals surface area (Å²) < 4.78 is 12.7. The summed E-state index contributed by atoms with van der Waals surface area (Å²) in [5, 5.41) is 11.2. The third-order valence-corrected chi connectivity index (χ3v) is 8.22. The second kappa shape index (κ2) is 8.55. The highest BCUT2D eigenvalue weighted by molar-refractivity contribution is 4.96. The molecular formula is C25H46O3. The molecule has 1 aliphatic heterocycles. The molecule has 3 nitrogen and oxygen atoms in total. The molecule has 0 spiro atoms. The van der Waals surface area contributed by atoms with Crippen molar-refractivity contribution in [1.82, 2.24) is 0 Å². The van der Waals surface area contributed by atoms with Crippen molar-refractivity contribution in [2.75, 3.05) is 13.2 Å². The van der Waals surface area contributed by atoms with E-state index in [9.17, 15) is 5.11 Å². The van der Waals surface area contributed by atoms with Crippen LogP contribution in [0.4, 0.5) is 0 Å². The van der Waals surface area contributed by atoms with Gasteiger partial charge in [-0.2, -0.15) is 0 Å². The Morgan fingerprint density at radius 2 is 1.14 bits per heavy atom. The molecule has 0 amide bonds. The fraction of sp³-hybridized carbons (Fsp3) is 1.00. The number of hydrogen-bond acceptors (Lipinski definition) is 3. The summed E-state index contributed by atoms with van der Waals surface area (Å²) in [5.74, 6) is 3.24. The van der Waals surface area contributed by atoms with Crippen molar-refractivity contribution in [2.24, 2.45) is 46.3 Å². The van der Waals surface area contributed by atoms with Crippen LogP contribution >= 0.6 is 0 Å². The second-order valence-electron chi connectivity index (χ2n) is 12.5. The second-order valence-corrected chi connectivity index (χ2v) is 12.5. The molecule has 2 unspecified atom stereocenters. The molecule has 3 heteroatoms. The molecule has 2 atom stereocenters. The number of hydrogen-bond donors (Lipinski definition) is 1. The van der Waals surface area contributed by atoms with E-state index in [1.165, 1.54) is 25.7 Å². The molecule has 164 valence electrons. The highest BCUT2D eigenvalue weighted by atomic mass is 16.7. The first kappa shape index (κ1) is 22.6. The van der Waals surface area contributed by atoms with Gasteiger partial charge in [-0.15, -0.1) is 0 Å². The Labute approximate surface area is 174 Å². The summed E-state index contributed by atoms with van der Waals surface area (Å²) in [6.45, 7) is 17.7. The molecule has 0 aromatic heterocycles. The highest BCUT2D eigenvalue weighted by Gasteiger charge is 2.48. The largest absolute Gasteiger partial charge is 0.393 e. The Kier molecular flexibility index (Phi) is 6.89. The first-order valence-corrected chi connectivity index (χ1v) is 11.9. The number of rotatable bonds is 2. The van der Waals surface area contributed by atoms with E-state index in [-0.39, 0.29) is 23.2 Å². The van der Waals surface area contributed by atoms with Crippen molar-refractivity contribution in [3.05, 3.63) is 0 Å². The van der Waals surface area contributed by atoms with E-state index < -0.39 is 0 Å². The van der Waals surface area contributed by atoms with Gasteiger partial charge in [0.15, 0.2) is 6.29 Å². The first-order chi connectivity index (χ1) is 13.0. The van der Waals surface area contributed by atoms with Gasteiger partial charge in [0, 0.05) is 11.8 Å². The number of aliphatic hydroxyl groups is 1. The average Bonchev–Trinajstić information content (AvgIpc) is 2.61. The van der Waals surface area contributed by atoms with Crippen LogP contribution in [0.1, 0.15) is 87.0 Å². The Morgan fingerprint density at radius 1 is 0.679 bits per heavy atom. The predicted molar refractivity (Wildman–Crippen MR) is 115 cm³/mol. The monoisotopic (exact) mass is 394 g/mol. The molecule has 2 saturated carbocycles. The minimum atomic E-state index is -0.239. The quantitative estimate of drug-likeness (QED) is 0.634. The normalized spacial score (nSPS) is 43.7. The summed E-state index contributed by atoms with van der Waals surface area (Å²) in [6, 6.07) is 0. The Balaban J connectivity index is 1.63. The van der Waals surface area contributed by atoms with Crippen LogP contribution in [0, 0.1) is 46.3 Å². The molecule has 1 N–H and O–H groups in total. The van der Waals surface area contributed by atoms with E-state index in [1.807, 2.05) is 0 Å². The molecule has 0 aromatic carbocycles. The lowest BCUT2D eigenvalue weighted by molar-refractivity contribution is -0.249. The van der Waals surface area contributed by atoms with Gasteiger partial charge in [0.1, 0.15) is 0 Å². The Morgan fingerprint density at radius 3 is 1.57 bits per heavy atom. The summed E-state index contributed by atoms with van der Waals surface area (Å²) in [5.41, 5.74) is 0.190. The molecule has 3 aliphatic rings. The zero-order valence-corrected chi connectivity index (χ0v) is 19.5. The van der Waals surface area contributed by atoms with Crippen LogP contribution in [0.25, 0.3) is 0 Å². The van der Waals surface area contributed by atoms with E-state index in [0.29, 0.717) is 23.7 Å². The topological polar surface area (TPSA) is 38.7 Å². The van der Waals surface area contributed by atoms with Crippen molar-refractivity contribution >= 4 is 0 Å². The molecule has 28 heavy (non-hydrogen) atoms. The van der Waals surface area contributed by atoms with Gasteiger partial charge in [-0.05, 0) is 60.2 Å². The molecule has 3 fully saturated rings. The van der Waals surface area contributed by atoms with E-state index in [1.54, 1.807) is 0 Å². The van der Waals surface area contributed by atoms with Crippen LogP contribution in [0.3, 0.4) is 0 Å². The lowest BCUT2D eigenvalue weighted by Gasteiger charge is -2.51. The third-order valence-electron chi connectivity index (χ3n) is 8.22. The van der Waals surface area contributed by atoms with Crippen LogP contribution in [0.15, 0.2) is 0 Å². The van der Waals surface area contributed by atoms with Crippen molar-refractivity contribution in [2.45, 2.75) is 99.4 Å². The number of ether oxygens (including phenoxy) is 2. The maximum absolute atomic E-state index is 11.2. The lowest BCUT2D eigenvalue weighted by Crippen LogP contribution is -2.51. The lowest BCUT2D eigenvalue weighted by atomic mass is 9.58. The predicted octanol–water partition coefficient (Wildman–Crippen LogP) is 5.90. The van der Waals surface area contributed by atoms with Gasteiger partial charge in [-0.25, -0.2) is 0 Å². The maximum Gasteiger partial charge on any atom is 0.160 e. The Hall–Kier alpha value is -0.120. The molecule has 1 heterocycles. The fourth-order valence-electron chi connectivity index (χ4n) is 6.10. The SMILES string of the molecule is CC1CCC(C2COC(C3CC(C(C)(C)C)C(O)C(C(C)(C)C)C3)OC2)CC1. The van der Waals surface area contributed by atoms with Crippen LogP contribution in [0.2, 0.25) is 0 Å². The highest BCUT2D eigenvalue weighted by Crippen LogP contribution is 2.50. The summed E-state index contributed by atoms with van der Waals surface area (Å²) in [4.78, 5) is 0. The molecule has 0 bridgehead atoms. The van der Waals surface area contributed by atoms with Crippen molar-refractivity contribution in [3.63, 3.8) is 0 Å². The van der Waals surface area contributed by atoms with Gasteiger partial charge in [0.25, 0.3) is 0 Å². The van der Waals surface area contributed by atoms with Crippen molar-refractivity contribution in [1.29, 1.82) is 0 Å². The summed E-state index contributed by atoms with van der Waals surface area (Å²) in [6.07, 6.45) is 7.12. The van der Waals surface area contributed by atoms with Gasteiger partial charge >= 0.3 is 0 Å². The molecule has 0 aromatic rings. The first-order valence-electron chi connectivity index (χ1n) is 11.9. The molecule has 3 rings (SSSR count). The van der Waals surface area contributed by atoms with Crippen LogP contribution < -0.4 is 0 Å². The molecular weight excluding hydrogens is 348 g/mol. The number of aliphatic hydroxyl groups excluding tert-OH is 1. The van der Waals surface area contributed by atoms with Crippen LogP contribution in [0.5, 0.6) is 0 Å². The Bertz CT molecular complexity index is 463. The summed E-state index contributed by atoms with van der Waals surface area (Å²) >= 11 is 0. The molecule has 2 aliphatic carbocycles. The van der Waals surface area contributed by atoms with E-state index in [4.69, 9.17) is 9.47 Å². The third kappa shape index (κ3) is 5.13. The average molecular weight is 395 g/mol. The van der Waals surface area contributed by atoms with Gasteiger partial charge < -0.3 is 14.6 Å². The minimum absolute atomic E-state index is 0.0824. The van der Waals surface area contributed by atoms with E-state index in [2.05, 4.69) is 48.5 Å². The fourth-order valence-corrected chi connectivity index (χ4v) is 6.10. The van der Waals surface area contributed by atoms with E-state index >= 15 is 0 Å². The van der Waals surface area contributed by atoms with E-state index in [0.717, 1.165) is 37.9 Å². The van der Waals surface area contributed by atoms with Gasteiger partial charge in [0.05, 0.1) is 19.3 Å². The molecule has 1 saturated heterocycles. The molecule has 0 radical (unpaired) electrons. The minimum Gasteiger partial charge on any atom is -0.393 e. The van der Waals surface area contributed by atoms with Crippen molar-refractivity contribution in [3.8, 4) is 0 Å². The van der Waals surface area contributed by atoms with Gasteiger partial charge in [-0.3, -0.25) is 0 Å². The standard InChI is InChI=1S/C25H46O3/c1-16-8-10-17(11-9-16)19-14-27-23(28-15-19)18-12-20(24(2,3)4)22(26)21(13-18)25(5,6)7/h16-23,26H,8-15H2,1-7H3. The van der Waals surface area contributed by atoms with Crippen molar-refractivity contribution < 1.29 is 14.6 Å². The van der Waals surface area contributed by atoms with Gasteiger partial charge in [0.2, 0.25) is 0 Å². The zero-order chi connectivity index (χ0) is 20.7. The maximum atomic E-state index is 11.2. The van der Waals surface area contributed by atoms with Crippen LogP contribution in [-0.4, -0.2) is 30.7 Å².